The smallest absolute Gasteiger partial charge is 0.123 e. The van der Waals surface area contributed by atoms with E-state index >= 15 is 0 Å². The third-order valence-electron chi connectivity index (χ3n) is 7.49. The number of aliphatic hydroxyl groups is 1. The highest BCUT2D eigenvalue weighted by atomic mass is 16.3. The van der Waals surface area contributed by atoms with Gasteiger partial charge in [0.15, 0.2) is 0 Å². The standard InChI is InChI=1S/C27H33N5O/c1-30(27(18-33)22-5-3-2-4-6-22)24-9-7-21(8-10-24)13-15-31-16-14-23-17-25(11-12-26(23)31)32-19-28-29-20-32/h2-6,11-12,14,16-17,19-21,24,27,33H,7-10,13,15,18H2,1H3/t21?,24?,27-/m0/s1. The highest BCUT2D eigenvalue weighted by molar-refractivity contribution is 5.82. The fourth-order valence-corrected chi connectivity index (χ4v) is 5.44. The van der Waals surface area contributed by atoms with Gasteiger partial charge in [-0.2, -0.15) is 0 Å². The lowest BCUT2D eigenvalue weighted by Crippen LogP contribution is -2.39. The van der Waals surface area contributed by atoms with Gasteiger partial charge >= 0.3 is 0 Å². The van der Waals surface area contributed by atoms with Gasteiger partial charge in [-0.15, -0.1) is 10.2 Å². The largest absolute Gasteiger partial charge is 0.394 e. The van der Waals surface area contributed by atoms with Crippen molar-refractivity contribution in [3.05, 3.63) is 79.0 Å². The Hall–Kier alpha value is -2.96. The van der Waals surface area contributed by atoms with Crippen molar-refractivity contribution < 1.29 is 5.11 Å². The number of nitrogens with zero attached hydrogens (tertiary/aromatic N) is 5. The summed E-state index contributed by atoms with van der Waals surface area (Å²) in [4.78, 5) is 2.40. The van der Waals surface area contributed by atoms with Crippen LogP contribution in [0.3, 0.4) is 0 Å². The number of aliphatic hydroxyl groups excluding tert-OH is 1. The van der Waals surface area contributed by atoms with E-state index < -0.39 is 0 Å². The van der Waals surface area contributed by atoms with E-state index in [9.17, 15) is 5.11 Å². The van der Waals surface area contributed by atoms with Gasteiger partial charge in [0.1, 0.15) is 12.7 Å². The molecule has 172 valence electrons. The monoisotopic (exact) mass is 443 g/mol. The zero-order valence-electron chi connectivity index (χ0n) is 19.3. The van der Waals surface area contributed by atoms with E-state index in [2.05, 4.69) is 81.4 Å². The summed E-state index contributed by atoms with van der Waals surface area (Å²) in [5.74, 6) is 0.771. The molecular formula is C27H33N5O. The van der Waals surface area contributed by atoms with Crippen molar-refractivity contribution in [3.63, 3.8) is 0 Å². The molecule has 5 rings (SSSR count). The summed E-state index contributed by atoms with van der Waals surface area (Å²) in [6.45, 7) is 1.23. The summed E-state index contributed by atoms with van der Waals surface area (Å²) in [5.41, 5.74) is 3.58. The molecule has 6 heteroatoms. The molecular weight excluding hydrogens is 410 g/mol. The third kappa shape index (κ3) is 4.72. The predicted octanol–water partition coefficient (Wildman–Crippen LogP) is 4.84. The zero-order chi connectivity index (χ0) is 22.6. The van der Waals surface area contributed by atoms with Crippen molar-refractivity contribution in [3.8, 4) is 5.69 Å². The minimum atomic E-state index is 0.0852. The normalized spacial score (nSPS) is 19.8. The van der Waals surface area contributed by atoms with Crippen molar-refractivity contribution in [2.24, 2.45) is 5.92 Å². The summed E-state index contributed by atoms with van der Waals surface area (Å²) in [6.07, 6.45) is 11.8. The molecule has 4 aromatic rings. The summed E-state index contributed by atoms with van der Waals surface area (Å²) in [7, 11) is 2.18. The Kier molecular flexibility index (Phi) is 6.55. The van der Waals surface area contributed by atoms with Crippen molar-refractivity contribution in [2.75, 3.05) is 13.7 Å². The first-order valence-corrected chi connectivity index (χ1v) is 12.0. The molecule has 33 heavy (non-hydrogen) atoms. The molecule has 2 heterocycles. The van der Waals surface area contributed by atoms with E-state index in [1.54, 1.807) is 12.7 Å². The third-order valence-corrected chi connectivity index (χ3v) is 7.49. The van der Waals surface area contributed by atoms with Gasteiger partial charge in [-0.3, -0.25) is 9.47 Å². The van der Waals surface area contributed by atoms with Crippen LogP contribution in [0.25, 0.3) is 16.6 Å². The predicted molar refractivity (Wildman–Crippen MR) is 131 cm³/mol. The van der Waals surface area contributed by atoms with Crippen molar-refractivity contribution in [2.45, 2.75) is 50.7 Å². The topological polar surface area (TPSA) is 59.1 Å². The van der Waals surface area contributed by atoms with Crippen LogP contribution < -0.4 is 0 Å². The Bertz CT molecular complexity index is 1150. The Morgan fingerprint density at radius 1 is 1.00 bits per heavy atom. The second-order valence-corrected chi connectivity index (χ2v) is 9.36. The molecule has 1 atom stereocenters. The number of likely N-dealkylation sites (N-methyl/N-ethyl adjacent to an activating group) is 1. The van der Waals surface area contributed by atoms with Gasteiger partial charge in [-0.1, -0.05) is 30.3 Å². The number of aromatic nitrogens is 4. The first-order valence-electron chi connectivity index (χ1n) is 12.0. The van der Waals surface area contributed by atoms with E-state index in [1.807, 2.05) is 10.6 Å². The first kappa shape index (κ1) is 21.9. The molecule has 1 aliphatic rings. The van der Waals surface area contributed by atoms with E-state index in [0.29, 0.717) is 6.04 Å². The molecule has 1 saturated carbocycles. The number of rotatable bonds is 8. The van der Waals surface area contributed by atoms with Crippen molar-refractivity contribution >= 4 is 10.9 Å². The zero-order valence-corrected chi connectivity index (χ0v) is 19.3. The molecule has 1 fully saturated rings. The SMILES string of the molecule is CN(C1CCC(CCn2ccc3cc(-n4cnnc4)ccc32)CC1)[C@@H](CO)c1ccccc1. The van der Waals surface area contributed by atoms with Crippen molar-refractivity contribution in [1.82, 2.24) is 24.2 Å². The van der Waals surface area contributed by atoms with Gasteiger partial charge in [-0.25, -0.2) is 0 Å². The maximum atomic E-state index is 10.0. The quantitative estimate of drug-likeness (QED) is 0.423. The van der Waals surface area contributed by atoms with Gasteiger partial charge in [0.25, 0.3) is 0 Å². The van der Waals surface area contributed by atoms with Crippen LogP contribution >= 0.6 is 0 Å². The van der Waals surface area contributed by atoms with Crippen LogP contribution in [0.1, 0.15) is 43.7 Å². The number of benzene rings is 2. The molecule has 6 nitrogen and oxygen atoms in total. The average Bonchev–Trinajstić information content (AvgIpc) is 3.54. The number of hydrogen-bond acceptors (Lipinski definition) is 4. The lowest BCUT2D eigenvalue weighted by Gasteiger charge is -2.39. The summed E-state index contributed by atoms with van der Waals surface area (Å²) < 4.78 is 4.33. The Balaban J connectivity index is 1.16. The van der Waals surface area contributed by atoms with Crippen LogP contribution in [0.2, 0.25) is 0 Å². The summed E-state index contributed by atoms with van der Waals surface area (Å²) in [5, 5.41) is 19.1. The molecule has 1 N–H and O–H groups in total. The molecule has 2 aromatic carbocycles. The Morgan fingerprint density at radius 2 is 1.76 bits per heavy atom. The number of hydrogen-bond donors (Lipinski definition) is 1. The molecule has 0 saturated heterocycles. The van der Waals surface area contributed by atoms with Gasteiger partial charge in [0.2, 0.25) is 0 Å². The van der Waals surface area contributed by atoms with E-state index in [0.717, 1.165) is 18.2 Å². The fourth-order valence-electron chi connectivity index (χ4n) is 5.44. The van der Waals surface area contributed by atoms with Crippen LogP contribution in [0.5, 0.6) is 0 Å². The molecule has 0 radical (unpaired) electrons. The lowest BCUT2D eigenvalue weighted by atomic mass is 9.83. The van der Waals surface area contributed by atoms with Crippen molar-refractivity contribution in [1.29, 1.82) is 0 Å². The first-order chi connectivity index (χ1) is 16.2. The maximum Gasteiger partial charge on any atom is 0.123 e. The van der Waals surface area contributed by atoms with Gasteiger partial charge in [0, 0.05) is 35.4 Å². The number of fused-ring (bicyclic) bond motifs is 1. The maximum absolute atomic E-state index is 10.0. The summed E-state index contributed by atoms with van der Waals surface area (Å²) in [6, 6.07) is 19.8. The highest BCUT2D eigenvalue weighted by Crippen LogP contribution is 2.33. The Morgan fingerprint density at radius 3 is 2.48 bits per heavy atom. The highest BCUT2D eigenvalue weighted by Gasteiger charge is 2.28. The second-order valence-electron chi connectivity index (χ2n) is 9.36. The fraction of sp³-hybridized carbons (Fsp3) is 0.407. The molecule has 0 amide bonds. The molecule has 0 aliphatic heterocycles. The summed E-state index contributed by atoms with van der Waals surface area (Å²) >= 11 is 0. The van der Waals surface area contributed by atoms with E-state index in [1.165, 1.54) is 48.6 Å². The minimum absolute atomic E-state index is 0.0852. The molecule has 0 spiro atoms. The lowest BCUT2D eigenvalue weighted by molar-refractivity contribution is 0.0782. The van der Waals surface area contributed by atoms with Crippen LogP contribution in [0.4, 0.5) is 0 Å². The molecule has 1 aliphatic carbocycles. The van der Waals surface area contributed by atoms with Crippen LogP contribution in [-0.4, -0.2) is 49.0 Å². The average molecular weight is 444 g/mol. The minimum Gasteiger partial charge on any atom is -0.394 e. The van der Waals surface area contributed by atoms with Crippen LogP contribution in [-0.2, 0) is 6.54 Å². The number of aryl methyl sites for hydroxylation is 1. The van der Waals surface area contributed by atoms with Gasteiger partial charge in [0.05, 0.1) is 12.6 Å². The van der Waals surface area contributed by atoms with Crippen LogP contribution in [0.15, 0.2) is 73.4 Å². The Labute approximate surface area is 195 Å². The van der Waals surface area contributed by atoms with Gasteiger partial charge < -0.3 is 9.67 Å². The molecule has 0 bridgehead atoms. The van der Waals surface area contributed by atoms with Crippen LogP contribution in [0, 0.1) is 5.92 Å². The van der Waals surface area contributed by atoms with E-state index in [-0.39, 0.29) is 12.6 Å². The molecule has 0 unspecified atom stereocenters. The van der Waals surface area contributed by atoms with Gasteiger partial charge in [-0.05, 0) is 74.9 Å². The van der Waals surface area contributed by atoms with E-state index in [4.69, 9.17) is 0 Å². The molecule has 2 aromatic heterocycles. The second kappa shape index (κ2) is 9.89.